The molecule has 1 aromatic carbocycles. The zero-order valence-electron chi connectivity index (χ0n) is 7.96. The van der Waals surface area contributed by atoms with Crippen molar-refractivity contribution in [3.63, 3.8) is 0 Å². The van der Waals surface area contributed by atoms with E-state index in [1.54, 1.807) is 0 Å². The minimum atomic E-state index is 0.612. The van der Waals surface area contributed by atoms with Crippen LogP contribution in [0.25, 0.3) is 6.08 Å². The van der Waals surface area contributed by atoms with Gasteiger partial charge < -0.3 is 11.1 Å². The summed E-state index contributed by atoms with van der Waals surface area (Å²) in [5.41, 5.74) is 7.88. The predicted octanol–water partition coefficient (Wildman–Crippen LogP) is 1.38. The molecule has 0 amide bonds. The van der Waals surface area contributed by atoms with Gasteiger partial charge in [0.1, 0.15) is 0 Å². The summed E-state index contributed by atoms with van der Waals surface area (Å²) in [7, 11) is 1.93. The number of nitrogens with one attached hydrogen (secondary N) is 1. The summed E-state index contributed by atoms with van der Waals surface area (Å²) < 4.78 is 0. The Morgan fingerprint density at radius 3 is 2.54 bits per heavy atom. The van der Waals surface area contributed by atoms with E-state index in [-0.39, 0.29) is 0 Å². The minimum absolute atomic E-state index is 0.612. The van der Waals surface area contributed by atoms with Crippen LogP contribution < -0.4 is 11.1 Å². The van der Waals surface area contributed by atoms with E-state index in [2.05, 4.69) is 41.7 Å². The second-order valence-electron chi connectivity index (χ2n) is 2.91. The molecule has 0 radical (unpaired) electrons. The van der Waals surface area contributed by atoms with Gasteiger partial charge in [-0.1, -0.05) is 36.4 Å². The van der Waals surface area contributed by atoms with Crippen LogP contribution in [-0.2, 0) is 6.54 Å². The minimum Gasteiger partial charge on any atom is -0.326 e. The maximum atomic E-state index is 5.49. The van der Waals surface area contributed by atoms with Gasteiger partial charge in [0.15, 0.2) is 0 Å². The number of benzene rings is 1. The highest BCUT2D eigenvalue weighted by molar-refractivity contribution is 5.49. The standard InChI is InChI=1S/C11H16N2/c1-13-8-2-3-10-4-6-11(9-12)7-5-10/h2-7,13H,8-9,12H2,1H3. The van der Waals surface area contributed by atoms with Gasteiger partial charge >= 0.3 is 0 Å². The lowest BCUT2D eigenvalue weighted by Gasteiger charge is -1.97. The fourth-order valence-electron chi connectivity index (χ4n) is 1.08. The van der Waals surface area contributed by atoms with Crippen molar-refractivity contribution in [2.24, 2.45) is 5.73 Å². The molecular weight excluding hydrogens is 160 g/mol. The van der Waals surface area contributed by atoms with Crippen LogP contribution in [0.2, 0.25) is 0 Å². The second kappa shape index (κ2) is 5.51. The van der Waals surface area contributed by atoms with Crippen molar-refractivity contribution in [2.45, 2.75) is 6.54 Å². The predicted molar refractivity (Wildman–Crippen MR) is 57.3 cm³/mol. The Hall–Kier alpha value is -1.12. The van der Waals surface area contributed by atoms with Crippen LogP contribution in [0.4, 0.5) is 0 Å². The average molecular weight is 176 g/mol. The largest absolute Gasteiger partial charge is 0.326 e. The number of likely N-dealkylation sites (N-methyl/N-ethyl adjacent to an activating group) is 1. The molecule has 0 atom stereocenters. The van der Waals surface area contributed by atoms with Gasteiger partial charge in [0.25, 0.3) is 0 Å². The Kier molecular flexibility index (Phi) is 4.23. The van der Waals surface area contributed by atoms with Gasteiger partial charge in [0, 0.05) is 13.1 Å². The maximum Gasteiger partial charge on any atom is 0.0178 e. The van der Waals surface area contributed by atoms with Crippen molar-refractivity contribution in [1.29, 1.82) is 0 Å². The summed E-state index contributed by atoms with van der Waals surface area (Å²) in [6.45, 7) is 1.51. The highest BCUT2D eigenvalue weighted by Crippen LogP contribution is 2.04. The quantitative estimate of drug-likeness (QED) is 0.727. The molecule has 0 bridgehead atoms. The Morgan fingerprint density at radius 2 is 2.00 bits per heavy atom. The molecule has 0 aliphatic heterocycles. The van der Waals surface area contributed by atoms with Gasteiger partial charge in [-0.3, -0.25) is 0 Å². The van der Waals surface area contributed by atoms with Crippen LogP contribution in [0.1, 0.15) is 11.1 Å². The van der Waals surface area contributed by atoms with Gasteiger partial charge in [-0.25, -0.2) is 0 Å². The van der Waals surface area contributed by atoms with Gasteiger partial charge in [0.05, 0.1) is 0 Å². The molecule has 0 fully saturated rings. The first kappa shape index (κ1) is 9.96. The lowest BCUT2D eigenvalue weighted by molar-refractivity contribution is 0.922. The van der Waals surface area contributed by atoms with Gasteiger partial charge in [-0.2, -0.15) is 0 Å². The third kappa shape index (κ3) is 3.40. The molecule has 3 N–H and O–H groups in total. The summed E-state index contributed by atoms with van der Waals surface area (Å²) in [6, 6.07) is 8.26. The Labute approximate surface area is 79.5 Å². The number of nitrogens with two attached hydrogens (primary N) is 1. The zero-order chi connectivity index (χ0) is 9.52. The van der Waals surface area contributed by atoms with E-state index < -0.39 is 0 Å². The molecule has 0 saturated carbocycles. The molecule has 0 unspecified atom stereocenters. The molecule has 2 nitrogen and oxygen atoms in total. The lowest BCUT2D eigenvalue weighted by atomic mass is 10.1. The van der Waals surface area contributed by atoms with Crippen molar-refractivity contribution >= 4 is 6.08 Å². The maximum absolute atomic E-state index is 5.49. The van der Waals surface area contributed by atoms with Crippen LogP contribution in [0.3, 0.4) is 0 Å². The van der Waals surface area contributed by atoms with E-state index >= 15 is 0 Å². The third-order valence-corrected chi connectivity index (χ3v) is 1.85. The van der Waals surface area contributed by atoms with Crippen LogP contribution in [0, 0.1) is 0 Å². The Bertz CT molecular complexity index is 262. The van der Waals surface area contributed by atoms with Crippen molar-refractivity contribution in [3.05, 3.63) is 41.5 Å². The van der Waals surface area contributed by atoms with Gasteiger partial charge in [-0.15, -0.1) is 0 Å². The molecule has 1 rings (SSSR count). The van der Waals surface area contributed by atoms with E-state index in [0.29, 0.717) is 6.54 Å². The molecule has 0 aromatic heterocycles. The molecule has 13 heavy (non-hydrogen) atoms. The molecule has 0 aliphatic rings. The SMILES string of the molecule is CNCC=Cc1ccc(CN)cc1. The van der Waals surface area contributed by atoms with Crippen LogP contribution in [0.15, 0.2) is 30.3 Å². The zero-order valence-corrected chi connectivity index (χ0v) is 7.96. The van der Waals surface area contributed by atoms with Crippen molar-refractivity contribution in [2.75, 3.05) is 13.6 Å². The molecular formula is C11H16N2. The second-order valence-corrected chi connectivity index (χ2v) is 2.91. The first-order valence-electron chi connectivity index (χ1n) is 4.47. The lowest BCUT2D eigenvalue weighted by Crippen LogP contribution is -2.03. The summed E-state index contributed by atoms with van der Waals surface area (Å²) in [6.07, 6.45) is 4.19. The summed E-state index contributed by atoms with van der Waals surface area (Å²) >= 11 is 0. The summed E-state index contributed by atoms with van der Waals surface area (Å²) in [5, 5.41) is 3.05. The molecule has 2 heteroatoms. The van der Waals surface area contributed by atoms with Crippen molar-refractivity contribution in [1.82, 2.24) is 5.32 Å². The molecule has 0 spiro atoms. The van der Waals surface area contributed by atoms with Crippen LogP contribution >= 0.6 is 0 Å². The Balaban J connectivity index is 2.58. The summed E-state index contributed by atoms with van der Waals surface area (Å²) in [4.78, 5) is 0. The highest BCUT2D eigenvalue weighted by Gasteiger charge is 1.88. The third-order valence-electron chi connectivity index (χ3n) is 1.85. The van der Waals surface area contributed by atoms with Gasteiger partial charge in [0.2, 0.25) is 0 Å². The first-order valence-corrected chi connectivity index (χ1v) is 4.47. The van der Waals surface area contributed by atoms with Crippen molar-refractivity contribution < 1.29 is 0 Å². The van der Waals surface area contributed by atoms with Crippen LogP contribution in [0.5, 0.6) is 0 Å². The molecule has 0 heterocycles. The number of rotatable bonds is 4. The Morgan fingerprint density at radius 1 is 1.31 bits per heavy atom. The number of hydrogen-bond acceptors (Lipinski definition) is 2. The highest BCUT2D eigenvalue weighted by atomic mass is 14.8. The normalized spacial score (nSPS) is 10.9. The topological polar surface area (TPSA) is 38.0 Å². The molecule has 1 aromatic rings. The average Bonchev–Trinajstić information content (AvgIpc) is 2.19. The van der Waals surface area contributed by atoms with E-state index in [4.69, 9.17) is 5.73 Å². The van der Waals surface area contributed by atoms with Gasteiger partial charge in [-0.05, 0) is 18.2 Å². The van der Waals surface area contributed by atoms with E-state index in [1.165, 1.54) is 11.1 Å². The fourth-order valence-corrected chi connectivity index (χ4v) is 1.08. The molecule has 0 saturated heterocycles. The number of hydrogen-bond donors (Lipinski definition) is 2. The molecule has 0 aliphatic carbocycles. The van der Waals surface area contributed by atoms with E-state index in [9.17, 15) is 0 Å². The fraction of sp³-hybridized carbons (Fsp3) is 0.273. The monoisotopic (exact) mass is 176 g/mol. The first-order chi connectivity index (χ1) is 6.36. The molecule has 70 valence electrons. The summed E-state index contributed by atoms with van der Waals surface area (Å²) in [5.74, 6) is 0. The van der Waals surface area contributed by atoms with E-state index in [1.807, 2.05) is 7.05 Å². The van der Waals surface area contributed by atoms with Crippen molar-refractivity contribution in [3.8, 4) is 0 Å². The van der Waals surface area contributed by atoms with Crippen LogP contribution in [-0.4, -0.2) is 13.6 Å². The van der Waals surface area contributed by atoms with E-state index in [0.717, 1.165) is 6.54 Å². The smallest absolute Gasteiger partial charge is 0.0178 e.